The lowest BCUT2D eigenvalue weighted by Gasteiger charge is -2.05. The molecule has 0 saturated carbocycles. The lowest BCUT2D eigenvalue weighted by Crippen LogP contribution is -2.14. The predicted molar refractivity (Wildman–Crippen MR) is 84.4 cm³/mol. The third-order valence-corrected chi connectivity index (χ3v) is 5.27. The van der Waals surface area contributed by atoms with Crippen molar-refractivity contribution in [3.63, 3.8) is 0 Å². The summed E-state index contributed by atoms with van der Waals surface area (Å²) in [6.07, 6.45) is 0. The molecule has 0 saturated heterocycles. The predicted octanol–water partition coefficient (Wildman–Crippen LogP) is 3.93. The number of hydrogen-bond donors (Lipinski definition) is 0. The van der Waals surface area contributed by atoms with Crippen molar-refractivity contribution in [3.8, 4) is 0 Å². The Morgan fingerprint density at radius 2 is 1.64 bits per heavy atom. The molecular formula is C15H8Cl2O4S. The van der Waals surface area contributed by atoms with Crippen molar-refractivity contribution in [1.29, 1.82) is 0 Å². The van der Waals surface area contributed by atoms with Gasteiger partial charge in [-0.1, -0.05) is 29.3 Å². The Morgan fingerprint density at radius 3 is 2.36 bits per heavy atom. The van der Waals surface area contributed by atoms with E-state index in [2.05, 4.69) is 0 Å². The molecule has 0 aliphatic heterocycles. The highest BCUT2D eigenvalue weighted by atomic mass is 35.5. The molecule has 0 spiro atoms. The van der Waals surface area contributed by atoms with Gasteiger partial charge in [-0.2, -0.15) is 0 Å². The van der Waals surface area contributed by atoms with Gasteiger partial charge in [-0.05, 0) is 42.5 Å². The first kappa shape index (κ1) is 15.1. The van der Waals surface area contributed by atoms with Crippen molar-refractivity contribution < 1.29 is 12.8 Å². The van der Waals surface area contributed by atoms with Crippen LogP contribution in [0.3, 0.4) is 0 Å². The molecule has 0 amide bonds. The number of benzene rings is 2. The van der Waals surface area contributed by atoms with Crippen LogP contribution in [0.25, 0.3) is 11.0 Å². The summed E-state index contributed by atoms with van der Waals surface area (Å²) >= 11 is 11.7. The SMILES string of the molecule is O=c1oc2ccc(Cl)cc2cc1S(=O)(=O)c1cccc(Cl)c1. The van der Waals surface area contributed by atoms with Crippen LogP contribution < -0.4 is 5.63 Å². The van der Waals surface area contributed by atoms with Crippen LogP contribution in [-0.4, -0.2) is 8.42 Å². The molecule has 3 rings (SSSR count). The molecule has 22 heavy (non-hydrogen) atoms. The first-order valence-electron chi connectivity index (χ1n) is 6.12. The first-order chi connectivity index (χ1) is 10.4. The van der Waals surface area contributed by atoms with Crippen LogP contribution in [0.2, 0.25) is 10.0 Å². The van der Waals surface area contributed by atoms with Gasteiger partial charge in [0.15, 0.2) is 4.90 Å². The molecule has 4 nitrogen and oxygen atoms in total. The lowest BCUT2D eigenvalue weighted by molar-refractivity contribution is 0.532. The molecule has 0 fully saturated rings. The molecule has 0 N–H and O–H groups in total. The van der Waals surface area contributed by atoms with E-state index in [1.54, 1.807) is 12.1 Å². The Bertz CT molecular complexity index is 1040. The van der Waals surface area contributed by atoms with Crippen molar-refractivity contribution in [2.24, 2.45) is 0 Å². The molecule has 1 aromatic heterocycles. The van der Waals surface area contributed by atoms with Crippen molar-refractivity contribution in [2.75, 3.05) is 0 Å². The minimum Gasteiger partial charge on any atom is -0.422 e. The van der Waals surface area contributed by atoms with E-state index in [1.165, 1.54) is 36.4 Å². The van der Waals surface area contributed by atoms with Crippen molar-refractivity contribution in [1.82, 2.24) is 0 Å². The number of rotatable bonds is 2. The Kier molecular flexibility index (Phi) is 3.72. The molecule has 0 aliphatic rings. The normalized spacial score (nSPS) is 11.7. The Labute approximate surface area is 135 Å². The standard InChI is InChI=1S/C15H8Cl2O4S/c16-10-2-1-3-12(8-10)22(19,20)14-7-9-6-11(17)4-5-13(9)21-15(14)18/h1-8H. The molecule has 0 atom stereocenters. The number of halogens is 2. The van der Waals surface area contributed by atoms with Gasteiger partial charge in [-0.25, -0.2) is 13.2 Å². The van der Waals surface area contributed by atoms with E-state index in [1.807, 2.05) is 0 Å². The maximum atomic E-state index is 12.6. The molecule has 1 heterocycles. The first-order valence-corrected chi connectivity index (χ1v) is 8.36. The minimum absolute atomic E-state index is 0.0753. The minimum atomic E-state index is -4.03. The van der Waals surface area contributed by atoms with Crippen molar-refractivity contribution in [2.45, 2.75) is 9.79 Å². The van der Waals surface area contributed by atoms with Gasteiger partial charge >= 0.3 is 5.63 Å². The summed E-state index contributed by atoms with van der Waals surface area (Å²) in [5.41, 5.74) is -0.672. The van der Waals surface area contributed by atoms with Crippen LogP contribution in [0.4, 0.5) is 0 Å². The van der Waals surface area contributed by atoms with Gasteiger partial charge in [0.25, 0.3) is 0 Å². The zero-order chi connectivity index (χ0) is 15.9. The zero-order valence-corrected chi connectivity index (χ0v) is 13.2. The third kappa shape index (κ3) is 2.63. The fraction of sp³-hybridized carbons (Fsp3) is 0. The molecule has 0 unspecified atom stereocenters. The fourth-order valence-electron chi connectivity index (χ4n) is 2.02. The molecule has 0 radical (unpaired) electrons. The fourth-order valence-corrected chi connectivity index (χ4v) is 3.80. The second-order valence-corrected chi connectivity index (χ2v) is 7.33. The summed E-state index contributed by atoms with van der Waals surface area (Å²) in [5, 5.41) is 1.09. The number of hydrogen-bond acceptors (Lipinski definition) is 4. The quantitative estimate of drug-likeness (QED) is 0.654. The van der Waals surface area contributed by atoms with Gasteiger partial charge in [0, 0.05) is 15.4 Å². The van der Waals surface area contributed by atoms with Gasteiger partial charge in [0.05, 0.1) is 4.90 Å². The van der Waals surface area contributed by atoms with Crippen LogP contribution in [-0.2, 0) is 9.84 Å². The van der Waals surface area contributed by atoms with E-state index in [0.29, 0.717) is 10.4 Å². The van der Waals surface area contributed by atoms with E-state index in [4.69, 9.17) is 27.6 Å². The molecule has 7 heteroatoms. The summed E-state index contributed by atoms with van der Waals surface area (Å²) < 4.78 is 30.2. The average molecular weight is 355 g/mol. The number of sulfone groups is 1. The molecule has 112 valence electrons. The maximum Gasteiger partial charge on any atom is 0.355 e. The average Bonchev–Trinajstić information content (AvgIpc) is 2.47. The van der Waals surface area contributed by atoms with E-state index < -0.39 is 20.4 Å². The Balaban J connectivity index is 2.29. The van der Waals surface area contributed by atoms with Crippen LogP contribution in [0, 0.1) is 0 Å². The molecule has 0 bridgehead atoms. The zero-order valence-electron chi connectivity index (χ0n) is 10.9. The van der Waals surface area contributed by atoms with Crippen molar-refractivity contribution >= 4 is 44.0 Å². The summed E-state index contributed by atoms with van der Waals surface area (Å²) in [6, 6.07) is 11.5. The highest BCUT2D eigenvalue weighted by molar-refractivity contribution is 7.91. The van der Waals surface area contributed by atoms with Crippen LogP contribution >= 0.6 is 23.2 Å². The van der Waals surface area contributed by atoms with Crippen LogP contribution in [0.5, 0.6) is 0 Å². The van der Waals surface area contributed by atoms with E-state index in [0.717, 1.165) is 0 Å². The topological polar surface area (TPSA) is 64.3 Å². The van der Waals surface area contributed by atoms with Crippen LogP contribution in [0.1, 0.15) is 0 Å². The Hall–Kier alpha value is -1.82. The van der Waals surface area contributed by atoms with Gasteiger partial charge < -0.3 is 4.42 Å². The summed E-state index contributed by atoms with van der Waals surface area (Å²) in [6.45, 7) is 0. The lowest BCUT2D eigenvalue weighted by atomic mass is 10.2. The molecule has 0 aliphatic carbocycles. The second kappa shape index (κ2) is 5.43. The highest BCUT2D eigenvalue weighted by Gasteiger charge is 2.23. The second-order valence-electron chi connectivity index (χ2n) is 4.54. The van der Waals surface area contributed by atoms with E-state index >= 15 is 0 Å². The smallest absolute Gasteiger partial charge is 0.355 e. The monoisotopic (exact) mass is 354 g/mol. The van der Waals surface area contributed by atoms with Gasteiger partial charge in [-0.3, -0.25) is 0 Å². The molecular weight excluding hydrogens is 347 g/mol. The molecule has 3 aromatic rings. The van der Waals surface area contributed by atoms with E-state index in [-0.39, 0.29) is 15.5 Å². The van der Waals surface area contributed by atoms with Gasteiger partial charge in [-0.15, -0.1) is 0 Å². The highest BCUT2D eigenvalue weighted by Crippen LogP contribution is 2.25. The molecule has 2 aromatic carbocycles. The Morgan fingerprint density at radius 1 is 0.909 bits per heavy atom. The van der Waals surface area contributed by atoms with E-state index in [9.17, 15) is 13.2 Å². The van der Waals surface area contributed by atoms with Crippen LogP contribution in [0.15, 0.2) is 67.5 Å². The maximum absolute atomic E-state index is 12.6. The van der Waals surface area contributed by atoms with Gasteiger partial charge in [0.1, 0.15) is 5.58 Å². The summed E-state index contributed by atoms with van der Waals surface area (Å²) in [5.74, 6) is 0. The summed E-state index contributed by atoms with van der Waals surface area (Å²) in [4.78, 5) is 11.5. The number of fused-ring (bicyclic) bond motifs is 1. The third-order valence-electron chi connectivity index (χ3n) is 3.06. The van der Waals surface area contributed by atoms with Gasteiger partial charge in [0.2, 0.25) is 9.84 Å². The summed E-state index contributed by atoms with van der Waals surface area (Å²) in [7, 11) is -4.03. The van der Waals surface area contributed by atoms with Crippen molar-refractivity contribution in [3.05, 3.63) is 69.0 Å². The largest absolute Gasteiger partial charge is 0.422 e.